The van der Waals surface area contributed by atoms with Crippen LogP contribution in [0.3, 0.4) is 0 Å². The quantitative estimate of drug-likeness (QED) is 0.184. The average molecular weight is 601 g/mol. The maximum atomic E-state index is 13.5. The van der Waals surface area contributed by atoms with E-state index in [1.54, 1.807) is 12.1 Å². The molecule has 6 nitrogen and oxygen atoms in total. The van der Waals surface area contributed by atoms with Gasteiger partial charge in [0.25, 0.3) is 5.91 Å². The molecule has 0 spiro atoms. The van der Waals surface area contributed by atoms with Gasteiger partial charge in [-0.05, 0) is 79.1 Å². The number of halogens is 3. The van der Waals surface area contributed by atoms with Crippen LogP contribution in [0.2, 0.25) is 0 Å². The first-order valence-electron chi connectivity index (χ1n) is 14.7. The number of benzene rings is 4. The van der Waals surface area contributed by atoms with Crippen LogP contribution in [-0.2, 0) is 19.0 Å². The van der Waals surface area contributed by atoms with Gasteiger partial charge in [-0.1, -0.05) is 66.7 Å². The lowest BCUT2D eigenvalue weighted by Crippen LogP contribution is -2.36. The van der Waals surface area contributed by atoms with Crippen molar-refractivity contribution >= 4 is 29.0 Å². The van der Waals surface area contributed by atoms with Gasteiger partial charge in [-0.3, -0.25) is 4.79 Å². The fraction of sp³-hybridized carbons (Fsp3) is 0.257. The molecule has 4 aromatic rings. The van der Waals surface area contributed by atoms with E-state index in [-0.39, 0.29) is 11.6 Å². The van der Waals surface area contributed by atoms with E-state index in [1.807, 2.05) is 42.5 Å². The highest BCUT2D eigenvalue weighted by molar-refractivity contribution is 6.04. The topological polar surface area (TPSA) is 73.5 Å². The predicted molar refractivity (Wildman–Crippen MR) is 168 cm³/mol. The average Bonchev–Trinajstić information content (AvgIpc) is 3.02. The molecule has 3 N–H and O–H groups in total. The Bertz CT molecular complexity index is 1550. The van der Waals surface area contributed by atoms with Crippen LogP contribution in [-0.4, -0.2) is 31.6 Å². The van der Waals surface area contributed by atoms with Gasteiger partial charge >= 0.3 is 12.2 Å². The van der Waals surface area contributed by atoms with Gasteiger partial charge in [0.05, 0.1) is 11.1 Å². The second kappa shape index (κ2) is 14.1. The summed E-state index contributed by atoms with van der Waals surface area (Å²) in [5.41, 5.74) is 3.14. The smallest absolute Gasteiger partial charge is 0.371 e. The van der Waals surface area contributed by atoms with E-state index < -0.39 is 17.8 Å². The molecule has 0 unspecified atom stereocenters. The molecule has 1 aliphatic rings. The third-order valence-electron chi connectivity index (χ3n) is 7.81. The fourth-order valence-electron chi connectivity index (χ4n) is 5.52. The van der Waals surface area contributed by atoms with Crippen LogP contribution in [0.5, 0.6) is 0 Å². The molecule has 5 rings (SSSR count). The summed E-state index contributed by atoms with van der Waals surface area (Å²) in [6.07, 6.45) is -0.856. The molecule has 0 saturated carbocycles. The molecule has 1 saturated heterocycles. The zero-order chi connectivity index (χ0) is 30.9. The van der Waals surface area contributed by atoms with Gasteiger partial charge in [-0.15, -0.1) is 0 Å². The molecule has 1 heterocycles. The summed E-state index contributed by atoms with van der Waals surface area (Å²) < 4.78 is 39.3. The molecule has 3 amide bonds. The second-order valence-electron chi connectivity index (χ2n) is 11.0. The Hall–Kier alpha value is -4.79. The Morgan fingerprint density at radius 2 is 1.39 bits per heavy atom. The predicted octanol–water partition coefficient (Wildman–Crippen LogP) is 7.78. The van der Waals surface area contributed by atoms with E-state index in [2.05, 4.69) is 45.1 Å². The number of rotatable bonds is 9. The van der Waals surface area contributed by atoms with Crippen LogP contribution < -0.4 is 20.9 Å². The first-order chi connectivity index (χ1) is 21.2. The molecule has 4 aromatic carbocycles. The monoisotopic (exact) mass is 600 g/mol. The SMILES string of the molecule is O=C(Nc1cccc(C(F)(F)F)c1)Nc1ccc(N2CCC(Cc3ccccc3)CC2)c(C(=O)NCCc2ccccc2)c1. The van der Waals surface area contributed by atoms with Crippen LogP contribution in [0.15, 0.2) is 103 Å². The van der Waals surface area contributed by atoms with Gasteiger partial charge in [0, 0.05) is 36.7 Å². The molecule has 0 atom stereocenters. The Balaban J connectivity index is 1.28. The lowest BCUT2D eigenvalue weighted by molar-refractivity contribution is -0.137. The Morgan fingerprint density at radius 1 is 0.750 bits per heavy atom. The van der Waals surface area contributed by atoms with Gasteiger partial charge in [-0.2, -0.15) is 13.2 Å². The largest absolute Gasteiger partial charge is 0.416 e. The number of hydrogen-bond donors (Lipinski definition) is 3. The lowest BCUT2D eigenvalue weighted by atomic mass is 9.89. The zero-order valence-electron chi connectivity index (χ0n) is 24.2. The van der Waals surface area contributed by atoms with Crippen molar-refractivity contribution in [3.05, 3.63) is 125 Å². The molecule has 1 aliphatic heterocycles. The summed E-state index contributed by atoms with van der Waals surface area (Å²) >= 11 is 0. The summed E-state index contributed by atoms with van der Waals surface area (Å²) in [6.45, 7) is 2.03. The number of carbonyl (C=O) groups is 2. The Morgan fingerprint density at radius 3 is 2.05 bits per heavy atom. The Labute approximate surface area is 255 Å². The number of carbonyl (C=O) groups excluding carboxylic acids is 2. The molecule has 0 aromatic heterocycles. The van der Waals surface area contributed by atoms with Crippen LogP contribution in [0.4, 0.5) is 35.0 Å². The van der Waals surface area contributed by atoms with E-state index in [4.69, 9.17) is 0 Å². The van der Waals surface area contributed by atoms with Gasteiger partial charge in [0.1, 0.15) is 0 Å². The maximum absolute atomic E-state index is 13.5. The standard InChI is InChI=1S/C35H35F3N4O2/c36-35(37,38)28-12-7-13-29(23-28)40-34(44)41-30-14-15-32(31(24-30)33(43)39-19-16-25-8-3-1-4-9-25)42-20-17-27(18-21-42)22-26-10-5-2-6-11-26/h1-15,23-24,27H,16-22H2,(H,39,43)(H2,40,41,44). The van der Waals surface area contributed by atoms with Crippen molar-refractivity contribution in [2.45, 2.75) is 31.9 Å². The number of urea groups is 1. The van der Waals surface area contributed by atoms with Gasteiger partial charge in [0.2, 0.25) is 0 Å². The third kappa shape index (κ3) is 8.40. The van der Waals surface area contributed by atoms with Crippen LogP contribution in [0.25, 0.3) is 0 Å². The fourth-order valence-corrected chi connectivity index (χ4v) is 5.52. The summed E-state index contributed by atoms with van der Waals surface area (Å²) in [6, 6.07) is 29.2. The van der Waals surface area contributed by atoms with Gasteiger partial charge < -0.3 is 20.9 Å². The number of piperidine rings is 1. The number of nitrogens with zero attached hydrogens (tertiary/aromatic N) is 1. The van der Waals surface area contributed by atoms with Crippen molar-refractivity contribution in [2.24, 2.45) is 5.92 Å². The molecule has 0 radical (unpaired) electrons. The molecule has 44 heavy (non-hydrogen) atoms. The van der Waals surface area contributed by atoms with Crippen molar-refractivity contribution in [2.75, 3.05) is 35.2 Å². The molecule has 0 aliphatic carbocycles. The molecular weight excluding hydrogens is 565 g/mol. The summed E-state index contributed by atoms with van der Waals surface area (Å²) in [7, 11) is 0. The lowest BCUT2D eigenvalue weighted by Gasteiger charge is -2.35. The molecule has 9 heteroatoms. The van der Waals surface area contributed by atoms with E-state index >= 15 is 0 Å². The van der Waals surface area contributed by atoms with Crippen LogP contribution in [0.1, 0.15) is 39.9 Å². The Kier molecular flexibility index (Phi) is 9.84. The van der Waals surface area contributed by atoms with Gasteiger partial charge in [-0.25, -0.2) is 4.79 Å². The number of nitrogens with one attached hydrogen (secondary N) is 3. The normalized spacial score (nSPS) is 13.8. The molecular formula is C35H35F3N4O2. The number of alkyl halides is 3. The second-order valence-corrected chi connectivity index (χ2v) is 11.0. The molecule has 228 valence electrons. The highest BCUT2D eigenvalue weighted by atomic mass is 19.4. The number of hydrogen-bond acceptors (Lipinski definition) is 3. The van der Waals surface area contributed by atoms with Crippen molar-refractivity contribution in [3.8, 4) is 0 Å². The zero-order valence-corrected chi connectivity index (χ0v) is 24.2. The molecule has 1 fully saturated rings. The summed E-state index contributed by atoms with van der Waals surface area (Å²) in [5.74, 6) is 0.293. The first kappa shape index (κ1) is 30.7. The van der Waals surface area contributed by atoms with Crippen LogP contribution in [0, 0.1) is 5.92 Å². The van der Waals surface area contributed by atoms with Crippen molar-refractivity contribution in [1.29, 1.82) is 0 Å². The van der Waals surface area contributed by atoms with Crippen molar-refractivity contribution < 1.29 is 22.8 Å². The molecule has 0 bridgehead atoms. The van der Waals surface area contributed by atoms with Crippen LogP contribution >= 0.6 is 0 Å². The number of anilines is 3. The van der Waals surface area contributed by atoms with E-state index in [9.17, 15) is 22.8 Å². The van der Waals surface area contributed by atoms with E-state index in [0.29, 0.717) is 30.1 Å². The summed E-state index contributed by atoms with van der Waals surface area (Å²) in [4.78, 5) is 28.4. The third-order valence-corrected chi connectivity index (χ3v) is 7.81. The maximum Gasteiger partial charge on any atom is 0.416 e. The highest BCUT2D eigenvalue weighted by Crippen LogP contribution is 2.32. The van der Waals surface area contributed by atoms with Crippen molar-refractivity contribution in [3.63, 3.8) is 0 Å². The van der Waals surface area contributed by atoms with E-state index in [1.165, 1.54) is 17.7 Å². The van der Waals surface area contributed by atoms with Crippen molar-refractivity contribution in [1.82, 2.24) is 5.32 Å². The minimum Gasteiger partial charge on any atom is -0.371 e. The first-order valence-corrected chi connectivity index (χ1v) is 14.7. The summed E-state index contributed by atoms with van der Waals surface area (Å²) in [5, 5.41) is 8.11. The van der Waals surface area contributed by atoms with E-state index in [0.717, 1.165) is 55.7 Å². The van der Waals surface area contributed by atoms with Gasteiger partial charge in [0.15, 0.2) is 0 Å². The number of amides is 3. The minimum absolute atomic E-state index is 0.00574. The highest BCUT2D eigenvalue weighted by Gasteiger charge is 2.30. The minimum atomic E-state index is -4.53.